The molecule has 0 spiro atoms. The molecule has 1 amide bonds. The molecule has 1 rings (SSSR count). The van der Waals surface area contributed by atoms with Crippen molar-refractivity contribution in [1.82, 2.24) is 0 Å². The SMILES string of the molecule is O=C(O)CCC(=O)Nc1cc(S(=O)(=O)O)ccc1O. The van der Waals surface area contributed by atoms with Gasteiger partial charge in [-0.15, -0.1) is 0 Å². The van der Waals surface area contributed by atoms with Gasteiger partial charge in [0.05, 0.1) is 17.0 Å². The van der Waals surface area contributed by atoms with Gasteiger partial charge in [0.2, 0.25) is 5.91 Å². The number of amides is 1. The minimum absolute atomic E-state index is 0.231. The van der Waals surface area contributed by atoms with Gasteiger partial charge in [-0.1, -0.05) is 0 Å². The Morgan fingerprint density at radius 1 is 1.21 bits per heavy atom. The number of benzene rings is 1. The molecule has 0 fully saturated rings. The molecule has 0 heterocycles. The molecular formula is C10H11NO7S. The number of rotatable bonds is 5. The molecule has 1 aromatic rings. The standard InChI is InChI=1S/C10H11NO7S/c12-8-2-1-6(19(16,17)18)5-7(8)11-9(13)3-4-10(14)15/h1-2,5,12H,3-4H2,(H,11,13)(H,14,15)(H,16,17,18). The lowest BCUT2D eigenvalue weighted by atomic mass is 10.2. The van der Waals surface area contributed by atoms with Crippen LogP contribution in [-0.2, 0) is 19.7 Å². The third kappa shape index (κ3) is 4.56. The highest BCUT2D eigenvalue weighted by molar-refractivity contribution is 7.85. The summed E-state index contributed by atoms with van der Waals surface area (Å²) in [5.74, 6) is -2.27. The van der Waals surface area contributed by atoms with Crippen molar-refractivity contribution in [3.05, 3.63) is 18.2 Å². The summed E-state index contributed by atoms with van der Waals surface area (Å²) in [4.78, 5) is 21.1. The number of anilines is 1. The van der Waals surface area contributed by atoms with Crippen LogP contribution in [0.3, 0.4) is 0 Å². The van der Waals surface area contributed by atoms with E-state index in [1.165, 1.54) is 0 Å². The Labute approximate surface area is 108 Å². The molecule has 9 heteroatoms. The molecule has 19 heavy (non-hydrogen) atoms. The molecule has 104 valence electrons. The summed E-state index contributed by atoms with van der Waals surface area (Å²) in [5, 5.41) is 20.0. The molecule has 4 N–H and O–H groups in total. The van der Waals surface area contributed by atoms with Gasteiger partial charge in [0.15, 0.2) is 0 Å². The first kappa shape index (κ1) is 14.9. The number of aromatic hydroxyl groups is 1. The van der Waals surface area contributed by atoms with Crippen LogP contribution >= 0.6 is 0 Å². The summed E-state index contributed by atoms with van der Waals surface area (Å²) in [6.45, 7) is 0. The molecule has 1 aromatic carbocycles. The van der Waals surface area contributed by atoms with E-state index in [-0.39, 0.29) is 12.1 Å². The quantitative estimate of drug-likeness (QED) is 0.455. The summed E-state index contributed by atoms with van der Waals surface area (Å²) < 4.78 is 30.6. The summed E-state index contributed by atoms with van der Waals surface area (Å²) >= 11 is 0. The molecule has 0 saturated heterocycles. The van der Waals surface area contributed by atoms with E-state index in [9.17, 15) is 23.1 Å². The van der Waals surface area contributed by atoms with Gasteiger partial charge in [-0.3, -0.25) is 14.1 Å². The van der Waals surface area contributed by atoms with Crippen LogP contribution in [0.25, 0.3) is 0 Å². The summed E-state index contributed by atoms with van der Waals surface area (Å²) in [7, 11) is -4.46. The van der Waals surface area contributed by atoms with Crippen molar-refractivity contribution >= 4 is 27.7 Å². The lowest BCUT2D eigenvalue weighted by Gasteiger charge is -2.08. The van der Waals surface area contributed by atoms with Crippen molar-refractivity contribution in [3.63, 3.8) is 0 Å². The Hall–Kier alpha value is -2.13. The van der Waals surface area contributed by atoms with E-state index in [1.54, 1.807) is 0 Å². The zero-order valence-electron chi connectivity index (χ0n) is 9.53. The molecule has 0 atom stereocenters. The topological polar surface area (TPSA) is 141 Å². The highest BCUT2D eigenvalue weighted by Gasteiger charge is 2.14. The van der Waals surface area contributed by atoms with Crippen molar-refractivity contribution in [2.24, 2.45) is 0 Å². The molecule has 0 aliphatic heterocycles. The van der Waals surface area contributed by atoms with Gasteiger partial charge in [0.25, 0.3) is 10.1 Å². The van der Waals surface area contributed by atoms with Gasteiger partial charge < -0.3 is 15.5 Å². The number of carbonyl (C=O) groups excluding carboxylic acids is 1. The molecule has 0 aliphatic carbocycles. The van der Waals surface area contributed by atoms with Crippen molar-refractivity contribution in [2.45, 2.75) is 17.7 Å². The Kier molecular flexibility index (Phi) is 4.46. The average molecular weight is 289 g/mol. The number of carboxylic acids is 1. The van der Waals surface area contributed by atoms with Gasteiger partial charge in [0, 0.05) is 6.42 Å². The van der Waals surface area contributed by atoms with Crippen LogP contribution in [0.15, 0.2) is 23.1 Å². The molecule has 0 radical (unpaired) electrons. The minimum Gasteiger partial charge on any atom is -0.506 e. The van der Waals surface area contributed by atoms with Crippen molar-refractivity contribution in [1.29, 1.82) is 0 Å². The van der Waals surface area contributed by atoms with Crippen LogP contribution in [0, 0.1) is 0 Å². The number of phenols is 1. The highest BCUT2D eigenvalue weighted by atomic mass is 32.2. The highest BCUT2D eigenvalue weighted by Crippen LogP contribution is 2.26. The van der Waals surface area contributed by atoms with E-state index in [2.05, 4.69) is 5.32 Å². The van der Waals surface area contributed by atoms with Gasteiger partial charge in [-0.05, 0) is 18.2 Å². The summed E-state index contributed by atoms with van der Waals surface area (Å²) in [6, 6.07) is 2.80. The first-order chi connectivity index (χ1) is 8.70. The van der Waals surface area contributed by atoms with Crippen LogP contribution in [0.2, 0.25) is 0 Å². The summed E-state index contributed by atoms with van der Waals surface area (Å²) in [5.41, 5.74) is -0.231. The van der Waals surface area contributed by atoms with E-state index < -0.39 is 39.1 Å². The van der Waals surface area contributed by atoms with E-state index in [0.29, 0.717) is 0 Å². The Morgan fingerprint density at radius 3 is 2.37 bits per heavy atom. The normalized spacial score (nSPS) is 11.0. The molecule has 0 bridgehead atoms. The smallest absolute Gasteiger partial charge is 0.303 e. The van der Waals surface area contributed by atoms with Gasteiger partial charge in [-0.2, -0.15) is 8.42 Å². The van der Waals surface area contributed by atoms with Crippen LogP contribution < -0.4 is 5.32 Å². The number of hydrogen-bond donors (Lipinski definition) is 4. The number of carboxylic acid groups (broad SMARTS) is 1. The Balaban J connectivity index is 2.89. The Morgan fingerprint density at radius 2 is 1.84 bits per heavy atom. The third-order valence-electron chi connectivity index (χ3n) is 2.11. The predicted molar refractivity (Wildman–Crippen MR) is 63.4 cm³/mol. The van der Waals surface area contributed by atoms with E-state index in [0.717, 1.165) is 18.2 Å². The average Bonchev–Trinajstić information content (AvgIpc) is 2.28. The van der Waals surface area contributed by atoms with Gasteiger partial charge in [-0.25, -0.2) is 0 Å². The lowest BCUT2D eigenvalue weighted by Crippen LogP contribution is -2.13. The zero-order valence-corrected chi connectivity index (χ0v) is 10.3. The molecule has 0 unspecified atom stereocenters. The third-order valence-corrected chi connectivity index (χ3v) is 2.96. The summed E-state index contributed by atoms with van der Waals surface area (Å²) in [6.07, 6.45) is -0.727. The van der Waals surface area contributed by atoms with Crippen molar-refractivity contribution in [2.75, 3.05) is 5.32 Å². The largest absolute Gasteiger partial charge is 0.506 e. The zero-order chi connectivity index (χ0) is 14.6. The first-order valence-corrected chi connectivity index (χ1v) is 6.46. The molecule has 0 aliphatic rings. The number of phenolic OH excluding ortho intramolecular Hbond substituents is 1. The minimum atomic E-state index is -4.46. The maximum atomic E-state index is 11.3. The van der Waals surface area contributed by atoms with Gasteiger partial charge >= 0.3 is 5.97 Å². The maximum absolute atomic E-state index is 11.3. The van der Waals surface area contributed by atoms with Crippen LogP contribution in [0.5, 0.6) is 5.75 Å². The lowest BCUT2D eigenvalue weighted by molar-refractivity contribution is -0.138. The fourth-order valence-corrected chi connectivity index (χ4v) is 1.72. The fraction of sp³-hybridized carbons (Fsp3) is 0.200. The maximum Gasteiger partial charge on any atom is 0.303 e. The predicted octanol–water partition coefficient (Wildman–Crippen LogP) is 0.442. The molecule has 8 nitrogen and oxygen atoms in total. The first-order valence-electron chi connectivity index (χ1n) is 5.02. The fourth-order valence-electron chi connectivity index (χ4n) is 1.21. The molecule has 0 saturated carbocycles. The van der Waals surface area contributed by atoms with Crippen LogP contribution in [0.4, 0.5) is 5.69 Å². The molecular weight excluding hydrogens is 278 g/mol. The second-order valence-electron chi connectivity index (χ2n) is 3.60. The number of nitrogens with one attached hydrogen (secondary N) is 1. The van der Waals surface area contributed by atoms with E-state index in [1.807, 2.05) is 0 Å². The second-order valence-corrected chi connectivity index (χ2v) is 5.02. The Bertz CT molecular complexity index is 608. The van der Waals surface area contributed by atoms with Gasteiger partial charge in [0.1, 0.15) is 5.75 Å². The van der Waals surface area contributed by atoms with E-state index >= 15 is 0 Å². The van der Waals surface area contributed by atoms with Crippen molar-refractivity contribution < 1.29 is 32.8 Å². The van der Waals surface area contributed by atoms with Crippen LogP contribution in [0.1, 0.15) is 12.8 Å². The number of hydrogen-bond acceptors (Lipinski definition) is 5. The number of carbonyl (C=O) groups is 2. The monoisotopic (exact) mass is 289 g/mol. The second kappa shape index (κ2) is 5.67. The van der Waals surface area contributed by atoms with E-state index in [4.69, 9.17) is 9.66 Å². The van der Waals surface area contributed by atoms with Crippen molar-refractivity contribution in [3.8, 4) is 5.75 Å². The van der Waals surface area contributed by atoms with Crippen LogP contribution in [-0.4, -0.2) is 35.1 Å². The number of aliphatic carboxylic acids is 1. The molecule has 0 aromatic heterocycles.